The quantitative estimate of drug-likeness (QED) is 0.176. The van der Waals surface area contributed by atoms with Crippen LogP contribution in [0, 0.1) is 0 Å². The molecule has 0 radical (unpaired) electrons. The fraction of sp³-hybridized carbons (Fsp3) is 0. The van der Waals surface area contributed by atoms with E-state index < -0.39 is 0 Å². The SMILES string of the molecule is c1ccc(-c2nc(-c3ccccc3)nc(-c3ccc4c(c3)oc3ccc5oc6ccc(-c7ccc8c9ccccc9n(-c9ccccc9)c8c7)cc6c5c34)n2)cc1. The molecule has 12 rings (SSSR count). The normalized spacial score (nSPS) is 11.9. The Kier molecular flexibility index (Phi) is 6.83. The van der Waals surface area contributed by atoms with E-state index in [0.29, 0.717) is 17.5 Å². The summed E-state index contributed by atoms with van der Waals surface area (Å²) in [6.07, 6.45) is 0. The number of benzene rings is 8. The van der Waals surface area contributed by atoms with Gasteiger partial charge in [-0.05, 0) is 71.8 Å². The maximum Gasteiger partial charge on any atom is 0.164 e. The van der Waals surface area contributed by atoms with Crippen LogP contribution >= 0.6 is 0 Å². The molecule has 57 heavy (non-hydrogen) atoms. The van der Waals surface area contributed by atoms with E-state index in [1.807, 2.05) is 78.9 Å². The van der Waals surface area contributed by atoms with Gasteiger partial charge in [0, 0.05) is 54.7 Å². The third-order valence-corrected chi connectivity index (χ3v) is 11.0. The van der Waals surface area contributed by atoms with Crippen molar-refractivity contribution in [3.05, 3.63) is 182 Å². The van der Waals surface area contributed by atoms with Crippen molar-refractivity contribution in [2.75, 3.05) is 0 Å². The maximum atomic E-state index is 6.60. The van der Waals surface area contributed by atoms with Gasteiger partial charge in [0.25, 0.3) is 0 Å². The summed E-state index contributed by atoms with van der Waals surface area (Å²) in [4.78, 5) is 14.8. The molecule has 8 aromatic carbocycles. The van der Waals surface area contributed by atoms with Crippen molar-refractivity contribution >= 4 is 65.7 Å². The van der Waals surface area contributed by atoms with Gasteiger partial charge >= 0.3 is 0 Å². The van der Waals surface area contributed by atoms with Crippen LogP contribution in [-0.4, -0.2) is 19.5 Å². The third kappa shape index (κ3) is 5.01. The molecule has 0 saturated heterocycles. The van der Waals surface area contributed by atoms with Crippen LogP contribution in [0.5, 0.6) is 0 Å². The lowest BCUT2D eigenvalue weighted by Crippen LogP contribution is -2.00. The number of para-hydroxylation sites is 2. The predicted octanol–water partition coefficient (Wildman–Crippen LogP) is 13.4. The Morgan fingerprint density at radius 3 is 1.54 bits per heavy atom. The lowest BCUT2D eigenvalue weighted by atomic mass is 9.99. The number of hydrogen-bond acceptors (Lipinski definition) is 5. The van der Waals surface area contributed by atoms with Crippen LogP contribution in [0.2, 0.25) is 0 Å². The number of rotatable bonds is 5. The summed E-state index contributed by atoms with van der Waals surface area (Å²) in [5, 5.41) is 6.57. The summed E-state index contributed by atoms with van der Waals surface area (Å²) < 4.78 is 15.4. The van der Waals surface area contributed by atoms with Crippen LogP contribution in [-0.2, 0) is 0 Å². The number of aromatic nitrogens is 4. The van der Waals surface area contributed by atoms with E-state index >= 15 is 0 Å². The van der Waals surface area contributed by atoms with Crippen molar-refractivity contribution in [1.29, 1.82) is 0 Å². The van der Waals surface area contributed by atoms with Gasteiger partial charge in [-0.2, -0.15) is 0 Å². The first-order valence-electron chi connectivity index (χ1n) is 19.0. The van der Waals surface area contributed by atoms with Crippen LogP contribution in [0.4, 0.5) is 0 Å². The first-order chi connectivity index (χ1) is 28.2. The molecular weight excluding hydrogens is 701 g/mol. The lowest BCUT2D eigenvalue weighted by Gasteiger charge is -2.09. The van der Waals surface area contributed by atoms with E-state index in [0.717, 1.165) is 77.4 Å². The van der Waals surface area contributed by atoms with Crippen molar-refractivity contribution in [3.8, 4) is 51.0 Å². The molecule has 4 heterocycles. The number of fused-ring (bicyclic) bond motifs is 10. The molecule has 266 valence electrons. The minimum absolute atomic E-state index is 0.580. The molecule has 0 N–H and O–H groups in total. The minimum atomic E-state index is 0.580. The molecule has 0 aliphatic carbocycles. The molecule has 12 aromatic rings. The molecule has 0 aliphatic rings. The molecule has 6 heteroatoms. The zero-order chi connectivity index (χ0) is 37.5. The van der Waals surface area contributed by atoms with Gasteiger partial charge in [-0.25, -0.2) is 15.0 Å². The van der Waals surface area contributed by atoms with Crippen molar-refractivity contribution in [2.24, 2.45) is 0 Å². The van der Waals surface area contributed by atoms with E-state index in [4.69, 9.17) is 23.8 Å². The van der Waals surface area contributed by atoms with Crippen LogP contribution < -0.4 is 0 Å². The second-order valence-electron chi connectivity index (χ2n) is 14.4. The molecule has 0 atom stereocenters. The van der Waals surface area contributed by atoms with E-state index in [1.165, 1.54) is 21.8 Å². The average Bonchev–Trinajstić information content (AvgIpc) is 3.95. The highest BCUT2D eigenvalue weighted by molar-refractivity contribution is 6.26. The predicted molar refractivity (Wildman–Crippen MR) is 230 cm³/mol. The second kappa shape index (κ2) is 12.3. The number of hydrogen-bond donors (Lipinski definition) is 0. The Morgan fingerprint density at radius 1 is 0.316 bits per heavy atom. The Labute approximate surface area is 325 Å². The highest BCUT2D eigenvalue weighted by atomic mass is 16.3. The van der Waals surface area contributed by atoms with Gasteiger partial charge in [0.15, 0.2) is 17.5 Å². The molecule has 0 aliphatic heterocycles. The van der Waals surface area contributed by atoms with Gasteiger partial charge in [-0.3, -0.25) is 0 Å². The molecule has 0 spiro atoms. The summed E-state index contributed by atoms with van der Waals surface area (Å²) in [6.45, 7) is 0. The lowest BCUT2D eigenvalue weighted by molar-refractivity contribution is 0.663. The van der Waals surface area contributed by atoms with Crippen molar-refractivity contribution in [1.82, 2.24) is 19.5 Å². The van der Waals surface area contributed by atoms with Crippen molar-refractivity contribution in [2.45, 2.75) is 0 Å². The summed E-state index contributed by atoms with van der Waals surface area (Å²) in [6, 6.07) is 62.8. The van der Waals surface area contributed by atoms with Gasteiger partial charge < -0.3 is 13.4 Å². The van der Waals surface area contributed by atoms with Gasteiger partial charge in [0.1, 0.15) is 22.3 Å². The number of furan rings is 2. The molecule has 0 bridgehead atoms. The molecular formula is C51H30N4O2. The molecule has 6 nitrogen and oxygen atoms in total. The first-order valence-corrected chi connectivity index (χ1v) is 19.0. The molecule has 0 unspecified atom stereocenters. The monoisotopic (exact) mass is 730 g/mol. The van der Waals surface area contributed by atoms with Crippen LogP contribution in [0.25, 0.3) is 117 Å². The Morgan fingerprint density at radius 2 is 0.825 bits per heavy atom. The van der Waals surface area contributed by atoms with E-state index in [1.54, 1.807) is 0 Å². The smallest absolute Gasteiger partial charge is 0.164 e. The van der Waals surface area contributed by atoms with Gasteiger partial charge in [0.05, 0.1) is 11.0 Å². The van der Waals surface area contributed by atoms with E-state index in [9.17, 15) is 0 Å². The largest absolute Gasteiger partial charge is 0.456 e. The summed E-state index contributed by atoms with van der Waals surface area (Å²) >= 11 is 0. The Hall–Kier alpha value is -7.83. The van der Waals surface area contributed by atoms with Crippen LogP contribution in [0.15, 0.2) is 191 Å². The first kappa shape index (κ1) is 31.5. The zero-order valence-corrected chi connectivity index (χ0v) is 30.4. The average molecular weight is 731 g/mol. The highest BCUT2D eigenvalue weighted by Gasteiger charge is 2.20. The molecule has 4 aromatic heterocycles. The van der Waals surface area contributed by atoms with E-state index in [2.05, 4.69) is 108 Å². The Bertz CT molecular complexity index is 3450. The molecule has 0 fully saturated rings. The van der Waals surface area contributed by atoms with Gasteiger partial charge in [-0.15, -0.1) is 0 Å². The zero-order valence-electron chi connectivity index (χ0n) is 30.4. The fourth-order valence-corrected chi connectivity index (χ4v) is 8.40. The summed E-state index contributed by atoms with van der Waals surface area (Å²) in [7, 11) is 0. The van der Waals surface area contributed by atoms with Gasteiger partial charge in [0.2, 0.25) is 0 Å². The molecule has 0 saturated carbocycles. The van der Waals surface area contributed by atoms with Gasteiger partial charge in [-0.1, -0.05) is 121 Å². The standard InChI is InChI=1S/C51H30N4O2/c1-4-12-31(13-5-1)49-52-50(32-14-6-2-7-15-32)54-51(53-49)35-21-24-39-46(30-35)57-44-26-27-45-48(47(39)44)40-28-33(22-25-43(40)56-45)34-20-23-38-37-18-10-11-19-41(37)55(42(38)29-34)36-16-8-3-9-17-36/h1-30H. The summed E-state index contributed by atoms with van der Waals surface area (Å²) in [5.41, 5.74) is 11.6. The van der Waals surface area contributed by atoms with Crippen molar-refractivity contribution < 1.29 is 8.83 Å². The minimum Gasteiger partial charge on any atom is -0.456 e. The fourth-order valence-electron chi connectivity index (χ4n) is 8.40. The maximum absolute atomic E-state index is 6.60. The molecule has 0 amide bonds. The second-order valence-corrected chi connectivity index (χ2v) is 14.4. The third-order valence-electron chi connectivity index (χ3n) is 11.0. The van der Waals surface area contributed by atoms with Crippen molar-refractivity contribution in [3.63, 3.8) is 0 Å². The number of nitrogens with zero attached hydrogens (tertiary/aromatic N) is 4. The summed E-state index contributed by atoms with van der Waals surface area (Å²) in [5.74, 6) is 1.82. The Balaban J connectivity index is 1.01. The van der Waals surface area contributed by atoms with Crippen LogP contribution in [0.1, 0.15) is 0 Å². The highest BCUT2D eigenvalue weighted by Crippen LogP contribution is 2.43. The van der Waals surface area contributed by atoms with Crippen LogP contribution in [0.3, 0.4) is 0 Å². The van der Waals surface area contributed by atoms with E-state index in [-0.39, 0.29) is 0 Å². The topological polar surface area (TPSA) is 69.9 Å².